The number of hydrogen-bond donors (Lipinski definition) is 1. The molecule has 4 heterocycles. The van der Waals surface area contributed by atoms with Crippen LogP contribution in [0.3, 0.4) is 0 Å². The van der Waals surface area contributed by atoms with Gasteiger partial charge in [-0.3, -0.25) is 0 Å². The van der Waals surface area contributed by atoms with Crippen LogP contribution in [0.1, 0.15) is 12.8 Å². The van der Waals surface area contributed by atoms with Gasteiger partial charge in [0.25, 0.3) is 0 Å². The van der Waals surface area contributed by atoms with Crippen LogP contribution in [-0.4, -0.2) is 35.1 Å². The third-order valence-electron chi connectivity index (χ3n) is 5.03. The summed E-state index contributed by atoms with van der Waals surface area (Å²) in [6.45, 7) is 2.03. The molecule has 2 saturated heterocycles. The van der Waals surface area contributed by atoms with Gasteiger partial charge < -0.3 is 10.2 Å². The molecule has 2 aliphatic rings. The lowest BCUT2D eigenvalue weighted by Crippen LogP contribution is -2.51. The first kappa shape index (κ1) is 15.8. The van der Waals surface area contributed by atoms with Crippen LogP contribution in [0.5, 0.6) is 0 Å². The van der Waals surface area contributed by atoms with E-state index in [0.717, 1.165) is 39.6 Å². The summed E-state index contributed by atoms with van der Waals surface area (Å²) < 4.78 is 0. The van der Waals surface area contributed by atoms with E-state index in [9.17, 15) is 0 Å². The van der Waals surface area contributed by atoms with E-state index in [0.29, 0.717) is 22.1 Å². The lowest BCUT2D eigenvalue weighted by atomic mass is 10.1. The number of nitrogens with one attached hydrogen (secondary N) is 1. The molecule has 0 amide bonds. The Morgan fingerprint density at radius 3 is 2.60 bits per heavy atom. The van der Waals surface area contributed by atoms with Crippen molar-refractivity contribution in [1.82, 2.24) is 15.3 Å². The maximum Gasteiger partial charge on any atom is 0.140 e. The normalized spacial score (nSPS) is 22.7. The molecule has 2 aliphatic heterocycles. The van der Waals surface area contributed by atoms with E-state index in [4.69, 9.17) is 23.2 Å². The second-order valence-electron chi connectivity index (χ2n) is 6.70. The monoisotopic (exact) mass is 390 g/mol. The zero-order valence-corrected chi connectivity index (χ0v) is 15.7. The molecule has 3 aromatic rings. The first-order chi connectivity index (χ1) is 12.2. The van der Waals surface area contributed by atoms with Crippen LogP contribution >= 0.6 is 34.5 Å². The predicted octanol–water partition coefficient (Wildman–Crippen LogP) is 4.61. The Labute approximate surface area is 159 Å². The van der Waals surface area contributed by atoms with Crippen molar-refractivity contribution in [3.8, 4) is 10.4 Å². The molecule has 2 aromatic heterocycles. The number of halogens is 2. The highest BCUT2D eigenvalue weighted by Gasteiger charge is 2.33. The molecule has 4 nitrogen and oxygen atoms in total. The molecule has 0 radical (unpaired) electrons. The van der Waals surface area contributed by atoms with E-state index in [1.54, 1.807) is 17.7 Å². The Hall–Kier alpha value is -1.40. The van der Waals surface area contributed by atoms with Crippen LogP contribution in [0.4, 0.5) is 5.82 Å². The summed E-state index contributed by atoms with van der Waals surface area (Å²) in [5, 5.41) is 5.93. The maximum absolute atomic E-state index is 6.18. The van der Waals surface area contributed by atoms with E-state index in [2.05, 4.69) is 26.3 Å². The molecule has 7 heteroatoms. The molecule has 0 spiro atoms. The van der Waals surface area contributed by atoms with Gasteiger partial charge in [0, 0.05) is 30.1 Å². The van der Waals surface area contributed by atoms with Crippen LogP contribution in [-0.2, 0) is 0 Å². The summed E-state index contributed by atoms with van der Waals surface area (Å²) in [5.74, 6) is 1.05. The minimum absolute atomic E-state index is 0.571. The summed E-state index contributed by atoms with van der Waals surface area (Å²) in [4.78, 5) is 13.6. The lowest BCUT2D eigenvalue weighted by molar-refractivity contribution is 0.464. The van der Waals surface area contributed by atoms with Gasteiger partial charge in [-0.25, -0.2) is 9.97 Å². The van der Waals surface area contributed by atoms with E-state index in [1.165, 1.54) is 12.8 Å². The predicted molar refractivity (Wildman–Crippen MR) is 105 cm³/mol. The number of nitrogens with zero attached hydrogens (tertiary/aromatic N) is 3. The van der Waals surface area contributed by atoms with Crippen molar-refractivity contribution in [1.29, 1.82) is 0 Å². The van der Waals surface area contributed by atoms with Gasteiger partial charge in [-0.2, -0.15) is 0 Å². The molecule has 2 fully saturated rings. The topological polar surface area (TPSA) is 41.0 Å². The molecule has 1 aromatic carbocycles. The average Bonchev–Trinajstić information content (AvgIpc) is 3.20. The van der Waals surface area contributed by atoms with E-state index >= 15 is 0 Å². The quantitative estimate of drug-likeness (QED) is 0.693. The SMILES string of the molecule is Clc1ccc(-c2cc3c(N4CC5CCC(C4)N5)ncnc3s2)cc1Cl. The second kappa shape index (κ2) is 6.09. The van der Waals surface area contributed by atoms with Crippen LogP contribution < -0.4 is 10.2 Å². The Kier molecular flexibility index (Phi) is 3.86. The van der Waals surface area contributed by atoms with Gasteiger partial charge in [-0.15, -0.1) is 11.3 Å². The molecule has 128 valence electrons. The smallest absolute Gasteiger partial charge is 0.140 e. The highest BCUT2D eigenvalue weighted by molar-refractivity contribution is 7.21. The zero-order chi connectivity index (χ0) is 17.0. The van der Waals surface area contributed by atoms with Gasteiger partial charge >= 0.3 is 0 Å². The largest absolute Gasteiger partial charge is 0.353 e. The molecule has 0 aliphatic carbocycles. The fourth-order valence-corrected chi connectivity index (χ4v) is 5.14. The number of thiophene rings is 1. The summed E-state index contributed by atoms with van der Waals surface area (Å²) >= 11 is 13.9. The van der Waals surface area contributed by atoms with Crippen molar-refractivity contribution < 1.29 is 0 Å². The van der Waals surface area contributed by atoms with Crippen molar-refractivity contribution in [2.45, 2.75) is 24.9 Å². The van der Waals surface area contributed by atoms with Crippen molar-refractivity contribution in [2.24, 2.45) is 0 Å². The Morgan fingerprint density at radius 1 is 1.04 bits per heavy atom. The van der Waals surface area contributed by atoms with Gasteiger partial charge in [-0.1, -0.05) is 29.3 Å². The fraction of sp³-hybridized carbons (Fsp3) is 0.333. The van der Waals surface area contributed by atoms with Crippen molar-refractivity contribution >= 4 is 50.6 Å². The van der Waals surface area contributed by atoms with Crippen LogP contribution in [0.2, 0.25) is 10.0 Å². The third-order valence-corrected chi connectivity index (χ3v) is 6.86. The fourth-order valence-electron chi connectivity index (χ4n) is 3.86. The maximum atomic E-state index is 6.18. The number of anilines is 1. The molecule has 1 N–H and O–H groups in total. The molecule has 2 unspecified atom stereocenters. The van der Waals surface area contributed by atoms with Gasteiger partial charge in [-0.05, 0) is 36.6 Å². The molecule has 2 bridgehead atoms. The van der Waals surface area contributed by atoms with Crippen molar-refractivity contribution in [3.63, 3.8) is 0 Å². The first-order valence-electron chi connectivity index (χ1n) is 8.38. The number of aromatic nitrogens is 2. The number of benzene rings is 1. The van der Waals surface area contributed by atoms with Crippen LogP contribution in [0.15, 0.2) is 30.6 Å². The van der Waals surface area contributed by atoms with Crippen molar-refractivity contribution in [3.05, 3.63) is 40.6 Å². The van der Waals surface area contributed by atoms with Gasteiger partial charge in [0.15, 0.2) is 0 Å². The van der Waals surface area contributed by atoms with Gasteiger partial charge in [0.05, 0.1) is 15.4 Å². The average molecular weight is 391 g/mol. The summed E-state index contributed by atoms with van der Waals surface area (Å²) in [7, 11) is 0. The molecule has 25 heavy (non-hydrogen) atoms. The van der Waals surface area contributed by atoms with E-state index in [1.807, 2.05) is 18.2 Å². The zero-order valence-electron chi connectivity index (χ0n) is 13.4. The van der Waals surface area contributed by atoms with Gasteiger partial charge in [0.2, 0.25) is 0 Å². The number of piperazine rings is 1. The number of rotatable bonds is 2. The minimum atomic E-state index is 0.571. The standard InChI is InChI=1S/C18H16Cl2N4S/c19-14-4-1-10(5-15(14)20)16-6-13-17(21-9-22-18(13)25-16)24-7-11-2-3-12(8-24)23-11/h1,4-6,9,11-12,23H,2-3,7-8H2. The summed E-state index contributed by atoms with van der Waals surface area (Å²) in [6.07, 6.45) is 4.19. The van der Waals surface area contributed by atoms with Crippen molar-refractivity contribution in [2.75, 3.05) is 18.0 Å². The summed E-state index contributed by atoms with van der Waals surface area (Å²) in [6, 6.07) is 9.08. The molecular formula is C18H16Cl2N4S. The first-order valence-corrected chi connectivity index (χ1v) is 9.95. The van der Waals surface area contributed by atoms with Gasteiger partial charge in [0.1, 0.15) is 17.0 Å². The molecule has 5 rings (SSSR count). The molecule has 0 saturated carbocycles. The Balaban J connectivity index is 1.57. The lowest BCUT2D eigenvalue weighted by Gasteiger charge is -2.33. The number of hydrogen-bond acceptors (Lipinski definition) is 5. The summed E-state index contributed by atoms with van der Waals surface area (Å²) in [5.41, 5.74) is 1.06. The highest BCUT2D eigenvalue weighted by atomic mass is 35.5. The number of fused-ring (bicyclic) bond motifs is 3. The Bertz CT molecular complexity index is 945. The molecule has 2 atom stereocenters. The van der Waals surface area contributed by atoms with E-state index in [-0.39, 0.29) is 0 Å². The Morgan fingerprint density at radius 2 is 1.84 bits per heavy atom. The van der Waals surface area contributed by atoms with Crippen LogP contribution in [0, 0.1) is 0 Å². The minimum Gasteiger partial charge on any atom is -0.353 e. The second-order valence-corrected chi connectivity index (χ2v) is 8.54. The van der Waals surface area contributed by atoms with E-state index < -0.39 is 0 Å². The highest BCUT2D eigenvalue weighted by Crippen LogP contribution is 2.38. The molecular weight excluding hydrogens is 375 g/mol. The van der Waals surface area contributed by atoms with Crippen LogP contribution in [0.25, 0.3) is 20.7 Å². The third kappa shape index (κ3) is 2.79.